The summed E-state index contributed by atoms with van der Waals surface area (Å²) in [5, 5.41) is 15.1. The van der Waals surface area contributed by atoms with Crippen LogP contribution in [0.25, 0.3) is 6.08 Å². The molecule has 2 heterocycles. The van der Waals surface area contributed by atoms with Crippen molar-refractivity contribution in [2.75, 3.05) is 0 Å². The lowest BCUT2D eigenvalue weighted by Gasteiger charge is -2.20. The van der Waals surface area contributed by atoms with Crippen LogP contribution in [0, 0.1) is 5.41 Å². The van der Waals surface area contributed by atoms with Crippen LogP contribution in [-0.4, -0.2) is 32.9 Å². The Balaban J connectivity index is 1.88. The van der Waals surface area contributed by atoms with E-state index in [1.165, 1.54) is 23.7 Å². The fourth-order valence-corrected chi connectivity index (χ4v) is 2.96. The van der Waals surface area contributed by atoms with E-state index in [0.717, 1.165) is 11.5 Å². The van der Waals surface area contributed by atoms with Crippen LogP contribution in [-0.2, 0) is 9.59 Å². The zero-order valence-electron chi connectivity index (χ0n) is 13.1. The van der Waals surface area contributed by atoms with Gasteiger partial charge in [0.2, 0.25) is 5.17 Å². The number of hydrazone groups is 1. The molecule has 1 N–H and O–H groups in total. The van der Waals surface area contributed by atoms with Crippen LogP contribution in [0.15, 0.2) is 39.9 Å². The van der Waals surface area contributed by atoms with Crippen molar-refractivity contribution in [2.24, 2.45) is 10.1 Å². The number of rotatable bonds is 3. The smallest absolute Gasteiger partial charge is 0.308 e. The topological polar surface area (TPSA) is 95.2 Å². The lowest BCUT2D eigenvalue weighted by atomic mass is 10.1. The second kappa shape index (κ2) is 6.40. The Morgan fingerprint density at radius 3 is 2.71 bits per heavy atom. The molecule has 0 radical (unpaired) electrons. The van der Waals surface area contributed by atoms with Crippen molar-refractivity contribution in [3.63, 3.8) is 0 Å². The minimum Gasteiger partial charge on any atom is -0.427 e. The Morgan fingerprint density at radius 2 is 2.08 bits per heavy atom. The molecule has 0 unspecified atom stereocenters. The second-order valence-corrected chi connectivity index (χ2v) is 6.07. The number of amides is 1. The molecule has 2 aliphatic heterocycles. The molecule has 0 saturated heterocycles. The lowest BCUT2D eigenvalue weighted by molar-refractivity contribution is -0.131. The molecule has 0 fully saturated rings. The molecule has 24 heavy (non-hydrogen) atoms. The van der Waals surface area contributed by atoms with Gasteiger partial charge in [-0.3, -0.25) is 15.0 Å². The van der Waals surface area contributed by atoms with Gasteiger partial charge in [0.25, 0.3) is 5.91 Å². The normalized spacial score (nSPS) is 18.4. The third-order valence-electron chi connectivity index (χ3n) is 3.25. The van der Waals surface area contributed by atoms with E-state index < -0.39 is 11.9 Å². The quantitative estimate of drug-likeness (QED) is 0.517. The summed E-state index contributed by atoms with van der Waals surface area (Å²) < 4.78 is 4.96. The maximum Gasteiger partial charge on any atom is 0.308 e. The molecule has 3 rings (SSSR count). The van der Waals surface area contributed by atoms with Crippen molar-refractivity contribution >= 4 is 45.8 Å². The number of thioether (sulfide) groups is 1. The molecule has 1 amide bonds. The molecule has 0 aromatic heterocycles. The molecular formula is C16H14N4O3S. The Labute approximate surface area is 142 Å². The summed E-state index contributed by atoms with van der Waals surface area (Å²) in [6.45, 7) is 3.28. The van der Waals surface area contributed by atoms with E-state index in [4.69, 9.17) is 10.1 Å². The highest BCUT2D eigenvalue weighted by Crippen LogP contribution is 2.29. The summed E-state index contributed by atoms with van der Waals surface area (Å²) in [6, 6.07) is 6.64. The predicted octanol–water partition coefficient (Wildman–Crippen LogP) is 2.64. The first-order valence-corrected chi connectivity index (χ1v) is 8.07. The lowest BCUT2D eigenvalue weighted by Crippen LogP contribution is -2.35. The molecule has 0 saturated carbocycles. The molecule has 2 aliphatic rings. The van der Waals surface area contributed by atoms with Gasteiger partial charge in [0.15, 0.2) is 5.84 Å². The molecule has 0 bridgehead atoms. The summed E-state index contributed by atoms with van der Waals surface area (Å²) in [5.41, 5.74) is 0.866. The van der Waals surface area contributed by atoms with Crippen LogP contribution < -0.4 is 4.74 Å². The van der Waals surface area contributed by atoms with E-state index in [1.807, 2.05) is 6.92 Å². The van der Waals surface area contributed by atoms with Gasteiger partial charge in [0.05, 0.1) is 5.57 Å². The van der Waals surface area contributed by atoms with Gasteiger partial charge < -0.3 is 4.74 Å². The molecule has 1 aromatic carbocycles. The minimum absolute atomic E-state index is 0.00464. The SMILES string of the molecule is CCC1=NN2C(=N)/C(=C/c3ccc(OC(C)=O)cc3)C(=O)N=C2S1. The first-order valence-electron chi connectivity index (χ1n) is 7.25. The van der Waals surface area contributed by atoms with Gasteiger partial charge in [-0.15, -0.1) is 0 Å². The number of esters is 1. The summed E-state index contributed by atoms with van der Waals surface area (Å²) in [7, 11) is 0. The number of fused-ring (bicyclic) bond motifs is 1. The standard InChI is InChI=1S/C16H14N4O3S/c1-3-13-19-20-14(17)12(15(22)18-16(20)24-13)8-10-4-6-11(7-5-10)23-9(2)21/h4-8,17H,3H2,1-2H3/b12-8-,17-14?. The zero-order chi connectivity index (χ0) is 17.3. The van der Waals surface area contributed by atoms with E-state index >= 15 is 0 Å². The molecule has 0 atom stereocenters. The molecule has 7 nitrogen and oxygen atoms in total. The first-order chi connectivity index (χ1) is 11.5. The van der Waals surface area contributed by atoms with Crippen molar-refractivity contribution in [3.05, 3.63) is 35.4 Å². The number of hydrogen-bond acceptors (Lipinski definition) is 6. The molecular weight excluding hydrogens is 328 g/mol. The van der Waals surface area contributed by atoms with Gasteiger partial charge in [-0.05, 0) is 42.0 Å². The zero-order valence-corrected chi connectivity index (χ0v) is 13.9. The Kier molecular flexibility index (Phi) is 4.30. The van der Waals surface area contributed by atoms with Gasteiger partial charge >= 0.3 is 5.97 Å². The predicted molar refractivity (Wildman–Crippen MR) is 93.1 cm³/mol. The van der Waals surface area contributed by atoms with Crippen molar-refractivity contribution in [3.8, 4) is 5.75 Å². The number of carbonyl (C=O) groups is 2. The number of benzene rings is 1. The highest BCUT2D eigenvalue weighted by Gasteiger charge is 2.34. The van der Waals surface area contributed by atoms with Crippen molar-refractivity contribution in [1.82, 2.24) is 5.01 Å². The number of aliphatic imine (C=N–C) groups is 1. The Bertz CT molecular complexity index is 824. The summed E-state index contributed by atoms with van der Waals surface area (Å²) in [6.07, 6.45) is 2.30. The van der Waals surface area contributed by atoms with Crippen molar-refractivity contribution in [2.45, 2.75) is 20.3 Å². The highest BCUT2D eigenvalue weighted by atomic mass is 32.2. The van der Waals surface area contributed by atoms with E-state index in [-0.39, 0.29) is 11.4 Å². The third kappa shape index (κ3) is 3.13. The first kappa shape index (κ1) is 16.1. The van der Waals surface area contributed by atoms with E-state index in [2.05, 4.69) is 10.1 Å². The molecule has 122 valence electrons. The van der Waals surface area contributed by atoms with Crippen LogP contribution in [0.3, 0.4) is 0 Å². The number of carbonyl (C=O) groups excluding carboxylic acids is 2. The maximum absolute atomic E-state index is 12.2. The Hall–Kier alpha value is -2.74. The summed E-state index contributed by atoms with van der Waals surface area (Å²) >= 11 is 1.31. The third-order valence-corrected chi connectivity index (χ3v) is 4.30. The minimum atomic E-state index is -0.463. The van der Waals surface area contributed by atoms with Crippen molar-refractivity contribution in [1.29, 1.82) is 5.41 Å². The average molecular weight is 342 g/mol. The van der Waals surface area contributed by atoms with E-state index in [9.17, 15) is 9.59 Å². The van der Waals surface area contributed by atoms with Gasteiger partial charge in [0, 0.05) is 6.92 Å². The van der Waals surface area contributed by atoms with Crippen LogP contribution in [0.2, 0.25) is 0 Å². The molecule has 0 aliphatic carbocycles. The maximum atomic E-state index is 12.2. The van der Waals surface area contributed by atoms with Gasteiger partial charge in [0.1, 0.15) is 10.8 Å². The van der Waals surface area contributed by atoms with Gasteiger partial charge in [-0.1, -0.05) is 19.1 Å². The molecule has 0 spiro atoms. The number of ether oxygens (including phenoxy) is 1. The fourth-order valence-electron chi connectivity index (χ4n) is 2.14. The Morgan fingerprint density at radius 1 is 1.38 bits per heavy atom. The summed E-state index contributed by atoms with van der Waals surface area (Å²) in [4.78, 5) is 27.1. The van der Waals surface area contributed by atoms with Crippen LogP contribution >= 0.6 is 11.8 Å². The number of hydrogen-bond donors (Lipinski definition) is 1. The van der Waals surface area contributed by atoms with Gasteiger partial charge in [-0.25, -0.2) is 0 Å². The van der Waals surface area contributed by atoms with Crippen LogP contribution in [0.5, 0.6) is 5.75 Å². The number of nitrogens with one attached hydrogen (secondary N) is 1. The van der Waals surface area contributed by atoms with Crippen LogP contribution in [0.4, 0.5) is 0 Å². The average Bonchev–Trinajstić information content (AvgIpc) is 2.95. The highest BCUT2D eigenvalue weighted by molar-refractivity contribution is 8.26. The largest absolute Gasteiger partial charge is 0.427 e. The van der Waals surface area contributed by atoms with Gasteiger partial charge in [-0.2, -0.15) is 15.1 Å². The fraction of sp³-hybridized carbons (Fsp3) is 0.188. The molecule has 8 heteroatoms. The van der Waals surface area contributed by atoms with Crippen molar-refractivity contribution < 1.29 is 14.3 Å². The van der Waals surface area contributed by atoms with E-state index in [1.54, 1.807) is 30.3 Å². The van der Waals surface area contributed by atoms with Crippen LogP contribution in [0.1, 0.15) is 25.8 Å². The summed E-state index contributed by atoms with van der Waals surface area (Å²) in [5.74, 6) is -0.438. The molecule has 1 aromatic rings. The number of nitrogens with zero attached hydrogens (tertiary/aromatic N) is 3. The van der Waals surface area contributed by atoms with E-state index in [0.29, 0.717) is 16.5 Å². The number of amidine groups is 2. The second-order valence-electron chi connectivity index (χ2n) is 5.03. The monoisotopic (exact) mass is 342 g/mol.